The van der Waals surface area contributed by atoms with Gasteiger partial charge in [0.2, 0.25) is 5.91 Å². The normalized spacial score (nSPS) is 10.9. The summed E-state index contributed by atoms with van der Waals surface area (Å²) in [6.07, 6.45) is 3.92. The molecule has 0 unspecified atom stereocenters. The fourth-order valence-corrected chi connectivity index (χ4v) is 3.73. The van der Waals surface area contributed by atoms with E-state index in [0.717, 1.165) is 5.69 Å². The molecular formula is C23H25Cl2N5O2. The number of pyridine rings is 1. The Labute approximate surface area is 197 Å². The number of hydrogen-bond donors (Lipinski definition) is 1. The third-order valence-corrected chi connectivity index (χ3v) is 5.33. The molecule has 168 valence electrons. The van der Waals surface area contributed by atoms with Gasteiger partial charge in [-0.05, 0) is 42.7 Å². The molecule has 0 saturated carbocycles. The van der Waals surface area contributed by atoms with Crippen molar-refractivity contribution in [3.63, 3.8) is 0 Å². The van der Waals surface area contributed by atoms with Gasteiger partial charge in [0.05, 0.1) is 28.2 Å². The first-order valence-corrected chi connectivity index (χ1v) is 11.1. The number of anilines is 1. The molecule has 0 radical (unpaired) electrons. The Morgan fingerprint density at radius 1 is 1.19 bits per heavy atom. The van der Waals surface area contributed by atoms with Crippen LogP contribution in [0.1, 0.15) is 49.2 Å². The third kappa shape index (κ3) is 5.47. The molecule has 0 saturated heterocycles. The maximum Gasteiger partial charge on any atom is 0.257 e. The Kier molecular flexibility index (Phi) is 7.88. The summed E-state index contributed by atoms with van der Waals surface area (Å²) >= 11 is 12.1. The van der Waals surface area contributed by atoms with Crippen molar-refractivity contribution >= 4 is 40.7 Å². The van der Waals surface area contributed by atoms with E-state index in [1.165, 1.54) is 4.90 Å². The molecule has 3 aromatic rings. The molecule has 1 aromatic carbocycles. The van der Waals surface area contributed by atoms with Crippen LogP contribution in [0.15, 0.2) is 48.8 Å². The second-order valence-corrected chi connectivity index (χ2v) is 8.44. The molecule has 0 aliphatic rings. The van der Waals surface area contributed by atoms with Gasteiger partial charge in [-0.1, -0.05) is 50.0 Å². The Morgan fingerprint density at radius 3 is 2.62 bits per heavy atom. The van der Waals surface area contributed by atoms with E-state index in [1.807, 2.05) is 39.0 Å². The summed E-state index contributed by atoms with van der Waals surface area (Å²) in [5.41, 5.74) is 1.60. The van der Waals surface area contributed by atoms with Crippen LogP contribution in [0, 0.1) is 0 Å². The molecule has 2 heterocycles. The molecular weight excluding hydrogens is 449 g/mol. The lowest BCUT2D eigenvalue weighted by Crippen LogP contribution is -2.39. The van der Waals surface area contributed by atoms with Crippen molar-refractivity contribution in [3.05, 3.63) is 70.1 Å². The van der Waals surface area contributed by atoms with Gasteiger partial charge in [-0.15, -0.1) is 0 Å². The number of hydrogen-bond acceptors (Lipinski definition) is 4. The minimum atomic E-state index is -0.362. The molecule has 0 bridgehead atoms. The number of rotatable bonds is 8. The van der Waals surface area contributed by atoms with E-state index in [2.05, 4.69) is 15.4 Å². The fraction of sp³-hybridized carbons (Fsp3) is 0.304. The van der Waals surface area contributed by atoms with Crippen molar-refractivity contribution in [2.45, 2.75) is 33.1 Å². The van der Waals surface area contributed by atoms with Gasteiger partial charge < -0.3 is 10.2 Å². The van der Waals surface area contributed by atoms with Gasteiger partial charge in [0.1, 0.15) is 6.54 Å². The lowest BCUT2D eigenvalue weighted by atomic mass is 10.0. The van der Waals surface area contributed by atoms with Crippen LogP contribution in [-0.2, 0) is 4.79 Å². The van der Waals surface area contributed by atoms with Crippen LogP contribution in [-0.4, -0.2) is 44.6 Å². The van der Waals surface area contributed by atoms with Gasteiger partial charge in [0, 0.05) is 17.8 Å². The number of nitrogens with zero attached hydrogens (tertiary/aromatic N) is 4. The largest absolute Gasteiger partial charge is 0.329 e. The first-order valence-electron chi connectivity index (χ1n) is 10.3. The van der Waals surface area contributed by atoms with E-state index in [9.17, 15) is 9.59 Å². The number of carbonyl (C=O) groups is 2. The Morgan fingerprint density at radius 2 is 1.97 bits per heavy atom. The zero-order chi connectivity index (χ0) is 23.3. The molecule has 0 aliphatic heterocycles. The predicted molar refractivity (Wildman–Crippen MR) is 127 cm³/mol. The molecule has 32 heavy (non-hydrogen) atoms. The van der Waals surface area contributed by atoms with E-state index in [4.69, 9.17) is 23.2 Å². The first-order chi connectivity index (χ1) is 15.3. The van der Waals surface area contributed by atoms with Crippen molar-refractivity contribution in [2.75, 3.05) is 18.4 Å². The minimum absolute atomic E-state index is 0.0148. The quantitative estimate of drug-likeness (QED) is 0.488. The number of amides is 2. The van der Waals surface area contributed by atoms with Gasteiger partial charge in [-0.25, -0.2) is 9.67 Å². The number of aromatic nitrogens is 3. The van der Waals surface area contributed by atoms with E-state index >= 15 is 0 Å². The van der Waals surface area contributed by atoms with E-state index in [0.29, 0.717) is 40.1 Å². The summed E-state index contributed by atoms with van der Waals surface area (Å²) in [4.78, 5) is 32.0. The second-order valence-electron chi connectivity index (χ2n) is 7.60. The monoisotopic (exact) mass is 473 g/mol. The number of nitrogens with one attached hydrogen (secondary N) is 1. The summed E-state index contributed by atoms with van der Waals surface area (Å²) in [5.74, 6) is 0.0240. The molecule has 9 heteroatoms. The Balaban J connectivity index is 1.85. The van der Waals surface area contributed by atoms with Gasteiger partial charge >= 0.3 is 0 Å². The van der Waals surface area contributed by atoms with Crippen LogP contribution >= 0.6 is 23.2 Å². The third-order valence-electron chi connectivity index (χ3n) is 4.77. The van der Waals surface area contributed by atoms with Gasteiger partial charge in [-0.3, -0.25) is 9.59 Å². The molecule has 0 spiro atoms. The standard InChI is InChI=1S/C23H25Cl2N5O2/c1-4-11-29(14-21(31)28-19-12-16(24)8-9-18(19)25)23(32)17-13-27-30(22(17)15(2)3)20-7-5-6-10-26-20/h5-10,12-13,15H,4,11,14H2,1-3H3,(H,28,31). The maximum absolute atomic E-state index is 13.4. The van der Waals surface area contributed by atoms with Crippen molar-refractivity contribution < 1.29 is 9.59 Å². The topological polar surface area (TPSA) is 80.1 Å². The highest BCUT2D eigenvalue weighted by atomic mass is 35.5. The predicted octanol–water partition coefficient (Wildman–Crippen LogP) is 5.19. The van der Waals surface area contributed by atoms with Crippen molar-refractivity contribution in [2.24, 2.45) is 0 Å². The molecule has 0 atom stereocenters. The number of halogens is 2. The number of benzene rings is 1. The zero-order valence-electron chi connectivity index (χ0n) is 18.2. The van der Waals surface area contributed by atoms with Crippen molar-refractivity contribution in [1.82, 2.24) is 19.7 Å². The maximum atomic E-state index is 13.4. The summed E-state index contributed by atoms with van der Waals surface area (Å²) in [6.45, 7) is 6.23. The molecule has 2 aromatic heterocycles. The van der Waals surface area contributed by atoms with E-state index < -0.39 is 0 Å². The smallest absolute Gasteiger partial charge is 0.257 e. The van der Waals surface area contributed by atoms with Crippen LogP contribution in [0.25, 0.3) is 5.82 Å². The minimum Gasteiger partial charge on any atom is -0.329 e. The van der Waals surface area contributed by atoms with Gasteiger partial charge in [-0.2, -0.15) is 5.10 Å². The van der Waals surface area contributed by atoms with Crippen LogP contribution in [0.3, 0.4) is 0 Å². The average Bonchev–Trinajstić information content (AvgIpc) is 3.21. The van der Waals surface area contributed by atoms with Gasteiger partial charge in [0.25, 0.3) is 5.91 Å². The lowest BCUT2D eigenvalue weighted by Gasteiger charge is -2.22. The highest BCUT2D eigenvalue weighted by molar-refractivity contribution is 6.35. The summed E-state index contributed by atoms with van der Waals surface area (Å²) in [5, 5.41) is 7.97. The van der Waals surface area contributed by atoms with E-state index in [-0.39, 0.29) is 24.3 Å². The SMILES string of the molecule is CCCN(CC(=O)Nc1cc(Cl)ccc1Cl)C(=O)c1cnn(-c2ccccn2)c1C(C)C. The van der Waals surface area contributed by atoms with Crippen LogP contribution < -0.4 is 5.32 Å². The molecule has 0 aliphatic carbocycles. The van der Waals surface area contributed by atoms with Crippen LogP contribution in [0.2, 0.25) is 10.0 Å². The van der Waals surface area contributed by atoms with E-state index in [1.54, 1.807) is 35.3 Å². The summed E-state index contributed by atoms with van der Waals surface area (Å²) in [7, 11) is 0. The Bertz CT molecular complexity index is 1100. The van der Waals surface area contributed by atoms with Crippen LogP contribution in [0.5, 0.6) is 0 Å². The zero-order valence-corrected chi connectivity index (χ0v) is 19.7. The first kappa shape index (κ1) is 23.8. The number of carbonyl (C=O) groups excluding carboxylic acids is 2. The highest BCUT2D eigenvalue weighted by Crippen LogP contribution is 2.26. The second kappa shape index (κ2) is 10.6. The van der Waals surface area contributed by atoms with Crippen molar-refractivity contribution in [3.8, 4) is 5.82 Å². The lowest BCUT2D eigenvalue weighted by molar-refractivity contribution is -0.116. The highest BCUT2D eigenvalue weighted by Gasteiger charge is 2.26. The molecule has 3 rings (SSSR count). The summed E-state index contributed by atoms with van der Waals surface area (Å²) < 4.78 is 1.67. The molecule has 7 nitrogen and oxygen atoms in total. The fourth-order valence-electron chi connectivity index (χ4n) is 3.39. The molecule has 1 N–H and O–H groups in total. The average molecular weight is 474 g/mol. The van der Waals surface area contributed by atoms with Gasteiger partial charge in [0.15, 0.2) is 5.82 Å². The molecule has 0 fully saturated rings. The Hall–Kier alpha value is -2.90. The van der Waals surface area contributed by atoms with Crippen molar-refractivity contribution in [1.29, 1.82) is 0 Å². The molecule has 2 amide bonds. The van der Waals surface area contributed by atoms with Crippen LogP contribution in [0.4, 0.5) is 5.69 Å². The summed E-state index contributed by atoms with van der Waals surface area (Å²) in [6, 6.07) is 10.3.